The number of anilines is 1. The van der Waals surface area contributed by atoms with Crippen molar-refractivity contribution >= 4 is 28.5 Å². The number of halogens is 2. The quantitative estimate of drug-likeness (QED) is 0.780. The summed E-state index contributed by atoms with van der Waals surface area (Å²) < 4.78 is 15.2. The van der Waals surface area contributed by atoms with E-state index in [1.807, 2.05) is 0 Å². The van der Waals surface area contributed by atoms with E-state index in [4.69, 9.17) is 17.3 Å². The van der Waals surface area contributed by atoms with Gasteiger partial charge in [-0.25, -0.2) is 14.4 Å². The smallest absolute Gasteiger partial charge is 0.186 e. The minimum absolute atomic E-state index is 0.210. The number of hydrogen-bond acceptors (Lipinski definition) is 4. The van der Waals surface area contributed by atoms with Crippen LogP contribution in [0.25, 0.3) is 11.0 Å². The summed E-state index contributed by atoms with van der Waals surface area (Å²) in [6.07, 6.45) is 3.01. The van der Waals surface area contributed by atoms with Gasteiger partial charge in [0.1, 0.15) is 18.0 Å². The summed E-state index contributed by atoms with van der Waals surface area (Å²) in [4.78, 5) is 7.88. The molecule has 7 heteroatoms. The second-order valence-electron chi connectivity index (χ2n) is 4.02. The zero-order chi connectivity index (χ0) is 13.4. The van der Waals surface area contributed by atoms with Crippen molar-refractivity contribution in [1.29, 1.82) is 0 Å². The first kappa shape index (κ1) is 11.9. The Hall–Kier alpha value is -2.21. The van der Waals surface area contributed by atoms with E-state index in [-0.39, 0.29) is 12.4 Å². The maximum atomic E-state index is 13.7. The first-order valence-electron chi connectivity index (χ1n) is 5.51. The average Bonchev–Trinajstić information content (AvgIpc) is 2.78. The van der Waals surface area contributed by atoms with Crippen molar-refractivity contribution in [1.82, 2.24) is 19.7 Å². The summed E-state index contributed by atoms with van der Waals surface area (Å²) >= 11 is 5.98. The van der Waals surface area contributed by atoms with Gasteiger partial charge in [-0.15, -0.1) is 0 Å². The fraction of sp³-hybridized carbons (Fsp3) is 0.0833. The molecule has 0 fully saturated rings. The van der Waals surface area contributed by atoms with E-state index < -0.39 is 0 Å². The Morgan fingerprint density at radius 3 is 2.89 bits per heavy atom. The van der Waals surface area contributed by atoms with Crippen LogP contribution >= 0.6 is 11.6 Å². The van der Waals surface area contributed by atoms with Crippen molar-refractivity contribution in [2.24, 2.45) is 0 Å². The van der Waals surface area contributed by atoms with E-state index in [9.17, 15) is 4.39 Å². The second-order valence-corrected chi connectivity index (χ2v) is 4.43. The van der Waals surface area contributed by atoms with Gasteiger partial charge in [0.25, 0.3) is 0 Å². The molecule has 2 aromatic heterocycles. The van der Waals surface area contributed by atoms with Gasteiger partial charge >= 0.3 is 0 Å². The lowest BCUT2D eigenvalue weighted by Crippen LogP contribution is -2.03. The number of hydrogen-bond donors (Lipinski definition) is 1. The number of nitrogens with zero attached hydrogens (tertiary/aromatic N) is 4. The van der Waals surface area contributed by atoms with Crippen LogP contribution in [0.3, 0.4) is 0 Å². The van der Waals surface area contributed by atoms with Gasteiger partial charge in [0.2, 0.25) is 0 Å². The van der Waals surface area contributed by atoms with Crippen LogP contribution in [-0.4, -0.2) is 19.7 Å². The molecule has 5 nitrogen and oxygen atoms in total. The van der Waals surface area contributed by atoms with E-state index in [0.29, 0.717) is 27.4 Å². The maximum Gasteiger partial charge on any atom is 0.186 e. The third-order valence-corrected chi connectivity index (χ3v) is 3.13. The summed E-state index contributed by atoms with van der Waals surface area (Å²) in [6, 6.07) is 4.56. The van der Waals surface area contributed by atoms with Crippen molar-refractivity contribution in [3.05, 3.63) is 47.1 Å². The molecule has 0 atom stereocenters. The fourth-order valence-electron chi connectivity index (χ4n) is 1.83. The summed E-state index contributed by atoms with van der Waals surface area (Å²) in [7, 11) is 0. The monoisotopic (exact) mass is 277 g/mol. The molecule has 19 heavy (non-hydrogen) atoms. The lowest BCUT2D eigenvalue weighted by molar-refractivity contribution is 0.586. The predicted octanol–water partition coefficient (Wildman–Crippen LogP) is 2.25. The minimum atomic E-state index is -0.369. The van der Waals surface area contributed by atoms with Gasteiger partial charge in [0.05, 0.1) is 11.9 Å². The van der Waals surface area contributed by atoms with E-state index in [0.717, 1.165) is 0 Å². The lowest BCUT2D eigenvalue weighted by atomic mass is 10.2. The average molecular weight is 278 g/mol. The zero-order valence-corrected chi connectivity index (χ0v) is 10.5. The van der Waals surface area contributed by atoms with Gasteiger partial charge in [0.15, 0.2) is 5.65 Å². The Morgan fingerprint density at radius 2 is 2.16 bits per heavy atom. The number of rotatable bonds is 2. The first-order chi connectivity index (χ1) is 9.15. The van der Waals surface area contributed by atoms with Gasteiger partial charge in [-0.2, -0.15) is 5.10 Å². The molecular weight excluding hydrogens is 269 g/mol. The Balaban J connectivity index is 2.04. The van der Waals surface area contributed by atoms with Gasteiger partial charge in [-0.05, 0) is 12.1 Å². The van der Waals surface area contributed by atoms with E-state index in [1.165, 1.54) is 12.4 Å². The van der Waals surface area contributed by atoms with Gasteiger partial charge in [0, 0.05) is 16.8 Å². The fourth-order valence-corrected chi connectivity index (χ4v) is 2.05. The number of nitrogens with two attached hydrogens (primary N) is 1. The van der Waals surface area contributed by atoms with Crippen LogP contribution in [0.5, 0.6) is 0 Å². The van der Waals surface area contributed by atoms with Crippen LogP contribution in [-0.2, 0) is 6.54 Å². The van der Waals surface area contributed by atoms with E-state index in [1.54, 1.807) is 23.0 Å². The van der Waals surface area contributed by atoms with Crippen LogP contribution in [0.2, 0.25) is 5.02 Å². The van der Waals surface area contributed by atoms with Gasteiger partial charge < -0.3 is 5.73 Å². The predicted molar refractivity (Wildman–Crippen MR) is 70.2 cm³/mol. The largest absolute Gasteiger partial charge is 0.383 e. The third-order valence-electron chi connectivity index (χ3n) is 2.78. The van der Waals surface area contributed by atoms with Crippen LogP contribution in [0.1, 0.15) is 5.56 Å². The highest BCUT2D eigenvalue weighted by Crippen LogP contribution is 2.21. The molecular formula is C12H9ClFN5. The second kappa shape index (κ2) is 4.47. The van der Waals surface area contributed by atoms with Crippen LogP contribution < -0.4 is 5.73 Å². The third kappa shape index (κ3) is 2.10. The summed E-state index contributed by atoms with van der Waals surface area (Å²) in [5, 5.41) is 5.21. The van der Waals surface area contributed by atoms with Gasteiger partial charge in [-0.1, -0.05) is 17.7 Å². The number of benzene rings is 1. The zero-order valence-electron chi connectivity index (χ0n) is 9.72. The number of fused-ring (bicyclic) bond motifs is 1. The molecule has 0 amide bonds. The van der Waals surface area contributed by atoms with Crippen molar-refractivity contribution < 1.29 is 4.39 Å². The Bertz CT molecular complexity index is 735. The SMILES string of the molecule is Nc1ncnc2nn(Cc3c(F)cccc3Cl)cc12. The van der Waals surface area contributed by atoms with E-state index in [2.05, 4.69) is 15.1 Å². The number of nitrogen functional groups attached to an aromatic ring is 1. The molecule has 0 radical (unpaired) electrons. The topological polar surface area (TPSA) is 69.6 Å². The minimum Gasteiger partial charge on any atom is -0.383 e. The molecule has 3 aromatic rings. The Labute approximate surface area is 112 Å². The highest BCUT2D eigenvalue weighted by atomic mass is 35.5. The molecule has 0 aliphatic carbocycles. The summed E-state index contributed by atoms with van der Waals surface area (Å²) in [5.41, 5.74) is 6.57. The molecule has 0 saturated carbocycles. The molecule has 0 spiro atoms. The molecule has 96 valence electrons. The van der Waals surface area contributed by atoms with Crippen LogP contribution in [0.15, 0.2) is 30.7 Å². The van der Waals surface area contributed by atoms with Crippen molar-refractivity contribution in [3.63, 3.8) is 0 Å². The van der Waals surface area contributed by atoms with Crippen molar-refractivity contribution in [3.8, 4) is 0 Å². The molecule has 2 N–H and O–H groups in total. The van der Waals surface area contributed by atoms with Crippen molar-refractivity contribution in [2.45, 2.75) is 6.54 Å². The molecule has 0 saturated heterocycles. The molecule has 3 rings (SSSR count). The lowest BCUT2D eigenvalue weighted by Gasteiger charge is -2.05. The van der Waals surface area contributed by atoms with Crippen molar-refractivity contribution in [2.75, 3.05) is 5.73 Å². The van der Waals surface area contributed by atoms with E-state index >= 15 is 0 Å². The highest BCUT2D eigenvalue weighted by Gasteiger charge is 2.10. The number of aromatic nitrogens is 4. The highest BCUT2D eigenvalue weighted by molar-refractivity contribution is 6.31. The maximum absolute atomic E-state index is 13.7. The normalized spacial score (nSPS) is 11.1. The Kier molecular flexibility index (Phi) is 2.79. The van der Waals surface area contributed by atoms with Gasteiger partial charge in [-0.3, -0.25) is 4.68 Å². The molecule has 0 unspecified atom stereocenters. The molecule has 2 heterocycles. The van der Waals surface area contributed by atoms with Crippen LogP contribution in [0.4, 0.5) is 10.2 Å². The Morgan fingerprint density at radius 1 is 1.32 bits per heavy atom. The summed E-state index contributed by atoms with van der Waals surface area (Å²) in [6.45, 7) is 0.210. The standard InChI is InChI=1S/C12H9ClFN5/c13-9-2-1-3-10(14)7(9)4-19-5-8-11(15)16-6-17-12(8)18-19/h1-3,5-6H,4H2,(H2,15,16,17,18). The summed E-state index contributed by atoms with van der Waals surface area (Å²) in [5.74, 6) is -0.0259. The first-order valence-corrected chi connectivity index (χ1v) is 5.89. The molecule has 1 aromatic carbocycles. The van der Waals surface area contributed by atoms with Crippen LogP contribution in [0, 0.1) is 5.82 Å². The molecule has 0 aliphatic rings. The molecule has 0 bridgehead atoms. The molecule has 0 aliphatic heterocycles.